The van der Waals surface area contributed by atoms with Gasteiger partial charge in [-0.2, -0.15) is 0 Å². The summed E-state index contributed by atoms with van der Waals surface area (Å²) in [6, 6.07) is 22.2. The minimum atomic E-state index is 0.772. The molecule has 22 heavy (non-hydrogen) atoms. The van der Waals surface area contributed by atoms with Crippen LogP contribution in [0.25, 0.3) is 5.69 Å². The molecule has 0 saturated carbocycles. The van der Waals surface area contributed by atoms with Crippen LogP contribution < -0.4 is 4.74 Å². The Labute approximate surface area is 130 Å². The maximum atomic E-state index is 5.33. The van der Waals surface area contributed by atoms with Gasteiger partial charge in [-0.05, 0) is 43.3 Å². The highest BCUT2D eigenvalue weighted by atomic mass is 16.5. The Kier molecular flexibility index (Phi) is 4.05. The highest BCUT2D eigenvalue weighted by Crippen LogP contribution is 2.26. The number of ether oxygens (including phenoxy) is 1. The number of aromatic nitrogens is 1. The van der Waals surface area contributed by atoms with Crippen molar-refractivity contribution in [2.45, 2.75) is 6.92 Å². The zero-order valence-electron chi connectivity index (χ0n) is 12.7. The smallest absolute Gasteiger partial charge is 0.144 e. The fraction of sp³-hybridized carbons (Fsp3) is 0.105. The van der Waals surface area contributed by atoms with Gasteiger partial charge in [0.1, 0.15) is 11.4 Å². The van der Waals surface area contributed by atoms with Crippen LogP contribution in [-0.2, 0) is 0 Å². The third kappa shape index (κ3) is 2.79. The minimum absolute atomic E-state index is 0.772. The Balaban J connectivity index is 1.99. The molecule has 3 nitrogen and oxygen atoms in total. The van der Waals surface area contributed by atoms with E-state index in [9.17, 15) is 0 Å². The Morgan fingerprint density at radius 1 is 0.909 bits per heavy atom. The Bertz CT molecular complexity index is 788. The van der Waals surface area contributed by atoms with Gasteiger partial charge in [-0.25, -0.2) is 0 Å². The molecule has 0 aliphatic carbocycles. The van der Waals surface area contributed by atoms with Crippen molar-refractivity contribution in [1.29, 1.82) is 0 Å². The molecular weight excluding hydrogens is 272 g/mol. The van der Waals surface area contributed by atoms with Crippen molar-refractivity contribution < 1.29 is 4.74 Å². The number of hydrogen-bond donors (Lipinski definition) is 0. The predicted molar refractivity (Wildman–Crippen MR) is 90.8 cm³/mol. The summed E-state index contributed by atoms with van der Waals surface area (Å²) in [5, 5.41) is 0. The molecule has 2 aromatic carbocycles. The van der Waals surface area contributed by atoms with E-state index in [2.05, 4.69) is 40.7 Å². The fourth-order valence-corrected chi connectivity index (χ4v) is 2.46. The van der Waals surface area contributed by atoms with Crippen molar-refractivity contribution in [2.75, 3.05) is 7.11 Å². The van der Waals surface area contributed by atoms with Crippen LogP contribution in [0.3, 0.4) is 0 Å². The monoisotopic (exact) mass is 290 g/mol. The molecule has 0 unspecified atom stereocenters. The van der Waals surface area contributed by atoms with Crippen LogP contribution in [0.5, 0.6) is 5.75 Å². The predicted octanol–water partition coefficient (Wildman–Crippen LogP) is 4.54. The van der Waals surface area contributed by atoms with Gasteiger partial charge >= 0.3 is 0 Å². The van der Waals surface area contributed by atoms with E-state index in [1.807, 2.05) is 48.7 Å². The molecule has 0 N–H and O–H groups in total. The summed E-state index contributed by atoms with van der Waals surface area (Å²) in [6.45, 7) is 2.09. The lowest BCUT2D eigenvalue weighted by molar-refractivity contribution is 0.416. The number of aryl methyl sites for hydroxylation is 1. The summed E-state index contributed by atoms with van der Waals surface area (Å²) in [5.41, 5.74) is 4.16. The van der Waals surface area contributed by atoms with E-state index in [1.165, 1.54) is 5.69 Å². The molecule has 3 heteroatoms. The maximum Gasteiger partial charge on any atom is 0.144 e. The van der Waals surface area contributed by atoms with Crippen molar-refractivity contribution in [3.05, 3.63) is 78.1 Å². The molecule has 0 spiro atoms. The van der Waals surface area contributed by atoms with Crippen LogP contribution in [0.4, 0.5) is 5.69 Å². The number of aliphatic imine (C=N–C) groups is 1. The van der Waals surface area contributed by atoms with Gasteiger partial charge in [0.25, 0.3) is 0 Å². The van der Waals surface area contributed by atoms with Crippen molar-refractivity contribution in [2.24, 2.45) is 4.99 Å². The van der Waals surface area contributed by atoms with Crippen LogP contribution in [-0.4, -0.2) is 17.9 Å². The van der Waals surface area contributed by atoms with E-state index in [4.69, 9.17) is 4.74 Å². The Hall–Kier alpha value is -2.81. The molecule has 0 amide bonds. The molecule has 1 heterocycles. The first kappa shape index (κ1) is 14.1. The van der Waals surface area contributed by atoms with Crippen LogP contribution in [0, 0.1) is 6.92 Å². The van der Waals surface area contributed by atoms with Gasteiger partial charge < -0.3 is 9.30 Å². The first-order valence-electron chi connectivity index (χ1n) is 7.20. The van der Waals surface area contributed by atoms with Gasteiger partial charge in [0.2, 0.25) is 0 Å². The largest absolute Gasteiger partial charge is 0.494 e. The molecule has 0 saturated heterocycles. The molecule has 0 fully saturated rings. The fourth-order valence-electron chi connectivity index (χ4n) is 2.46. The maximum absolute atomic E-state index is 5.33. The number of para-hydroxylation sites is 3. The Morgan fingerprint density at radius 3 is 2.41 bits per heavy atom. The standard InChI is InChI=1S/C19H18N2O/c1-15-12-13-17(21(15)16-8-4-3-5-9-16)14-20-18-10-6-7-11-19(18)22-2/h3-14H,1-2H3. The number of rotatable bonds is 4. The van der Waals surface area contributed by atoms with Gasteiger partial charge in [-0.15, -0.1) is 0 Å². The van der Waals surface area contributed by atoms with Gasteiger partial charge in [0.05, 0.1) is 19.0 Å². The van der Waals surface area contributed by atoms with E-state index in [-0.39, 0.29) is 0 Å². The molecule has 3 aromatic rings. The zero-order valence-corrected chi connectivity index (χ0v) is 12.7. The lowest BCUT2D eigenvalue weighted by Crippen LogP contribution is -2.00. The number of nitrogens with zero attached hydrogens (tertiary/aromatic N) is 2. The lowest BCUT2D eigenvalue weighted by Gasteiger charge is -2.09. The molecular formula is C19H18N2O. The van der Waals surface area contributed by atoms with Crippen molar-refractivity contribution >= 4 is 11.9 Å². The second kappa shape index (κ2) is 6.31. The molecule has 1 aromatic heterocycles. The number of hydrogen-bond acceptors (Lipinski definition) is 2. The van der Waals surface area contributed by atoms with Gasteiger partial charge in [-0.3, -0.25) is 4.99 Å². The third-order valence-corrected chi connectivity index (χ3v) is 3.54. The molecule has 0 atom stereocenters. The zero-order chi connectivity index (χ0) is 15.4. The van der Waals surface area contributed by atoms with E-state index < -0.39 is 0 Å². The van der Waals surface area contributed by atoms with Crippen LogP contribution in [0.2, 0.25) is 0 Å². The van der Waals surface area contributed by atoms with Gasteiger partial charge in [0, 0.05) is 11.4 Å². The first-order valence-corrected chi connectivity index (χ1v) is 7.20. The van der Waals surface area contributed by atoms with Crippen LogP contribution in [0.15, 0.2) is 71.7 Å². The van der Waals surface area contributed by atoms with Gasteiger partial charge in [0.15, 0.2) is 0 Å². The third-order valence-electron chi connectivity index (χ3n) is 3.54. The van der Waals surface area contributed by atoms with E-state index >= 15 is 0 Å². The molecule has 0 bridgehead atoms. The normalized spacial score (nSPS) is 11.0. The van der Waals surface area contributed by atoms with Crippen molar-refractivity contribution in [1.82, 2.24) is 4.57 Å². The summed E-state index contributed by atoms with van der Waals surface area (Å²) in [7, 11) is 1.66. The minimum Gasteiger partial charge on any atom is -0.494 e. The van der Waals surface area contributed by atoms with Crippen LogP contribution in [0.1, 0.15) is 11.4 Å². The van der Waals surface area contributed by atoms with Crippen molar-refractivity contribution in [3.8, 4) is 11.4 Å². The average Bonchev–Trinajstić information content (AvgIpc) is 2.94. The molecule has 0 aliphatic heterocycles. The summed E-state index contributed by atoms with van der Waals surface area (Å²) < 4.78 is 7.51. The number of methoxy groups -OCH3 is 1. The molecule has 0 radical (unpaired) electrons. The molecule has 3 rings (SSSR count). The molecule has 110 valence electrons. The van der Waals surface area contributed by atoms with E-state index in [0.29, 0.717) is 0 Å². The summed E-state index contributed by atoms with van der Waals surface area (Å²) >= 11 is 0. The second-order valence-corrected chi connectivity index (χ2v) is 5.00. The molecule has 0 aliphatic rings. The summed E-state index contributed by atoms with van der Waals surface area (Å²) in [4.78, 5) is 4.58. The quantitative estimate of drug-likeness (QED) is 0.648. The van der Waals surface area contributed by atoms with E-state index in [0.717, 1.165) is 22.8 Å². The SMILES string of the molecule is COc1ccccc1N=Cc1ccc(C)n1-c1ccccc1. The van der Waals surface area contributed by atoms with Gasteiger partial charge in [-0.1, -0.05) is 30.3 Å². The highest BCUT2D eigenvalue weighted by Gasteiger charge is 2.05. The highest BCUT2D eigenvalue weighted by molar-refractivity contribution is 5.82. The first-order chi connectivity index (χ1) is 10.8. The topological polar surface area (TPSA) is 26.5 Å². The lowest BCUT2D eigenvalue weighted by atomic mass is 10.3. The summed E-state index contributed by atoms with van der Waals surface area (Å²) in [6.07, 6.45) is 1.87. The Morgan fingerprint density at radius 2 is 1.64 bits per heavy atom. The average molecular weight is 290 g/mol. The van der Waals surface area contributed by atoms with Crippen molar-refractivity contribution in [3.63, 3.8) is 0 Å². The summed E-state index contributed by atoms with van der Waals surface area (Å²) in [5.74, 6) is 0.772. The second-order valence-electron chi connectivity index (χ2n) is 5.00. The van der Waals surface area contributed by atoms with E-state index in [1.54, 1.807) is 7.11 Å². The van der Waals surface area contributed by atoms with Crippen LogP contribution >= 0.6 is 0 Å². The number of benzene rings is 2.